The van der Waals surface area contributed by atoms with Crippen LogP contribution < -0.4 is 20.1 Å². The Morgan fingerprint density at radius 3 is 2.52 bits per heavy atom. The predicted octanol–water partition coefficient (Wildman–Crippen LogP) is 3.29. The largest absolute Gasteiger partial charge is 0.497 e. The molecule has 1 unspecified atom stereocenters. The highest BCUT2D eigenvalue weighted by Gasteiger charge is 2.18. The number of benzene rings is 2. The van der Waals surface area contributed by atoms with Crippen molar-refractivity contribution in [1.29, 1.82) is 0 Å². The summed E-state index contributed by atoms with van der Waals surface area (Å²) in [5.41, 5.74) is 2.00. The molecule has 0 aliphatic rings. The summed E-state index contributed by atoms with van der Waals surface area (Å²) in [6, 6.07) is 15.8. The topological polar surface area (TPSA) is 45.8 Å². The summed E-state index contributed by atoms with van der Waals surface area (Å²) in [5.74, 6) is 1.66. The van der Waals surface area contributed by atoms with E-state index in [1.54, 1.807) is 14.2 Å². The molecule has 2 rings (SSSR count). The summed E-state index contributed by atoms with van der Waals surface area (Å²) >= 11 is 5.42. The minimum atomic E-state index is 0.126. The maximum atomic E-state index is 5.49. The second-order valence-corrected chi connectivity index (χ2v) is 6.20. The van der Waals surface area contributed by atoms with E-state index in [0.717, 1.165) is 22.7 Å². The van der Waals surface area contributed by atoms with Gasteiger partial charge in [0.25, 0.3) is 0 Å². The van der Waals surface area contributed by atoms with Crippen molar-refractivity contribution in [3.8, 4) is 11.5 Å². The molecule has 25 heavy (non-hydrogen) atoms. The van der Waals surface area contributed by atoms with E-state index in [2.05, 4.69) is 21.6 Å². The molecule has 0 saturated heterocycles. The van der Waals surface area contributed by atoms with Crippen LogP contribution in [0.15, 0.2) is 48.5 Å². The van der Waals surface area contributed by atoms with Crippen LogP contribution in [0.3, 0.4) is 0 Å². The molecule has 134 valence electrons. The fraction of sp³-hybridized carbons (Fsp3) is 0.316. The molecule has 0 radical (unpaired) electrons. The van der Waals surface area contributed by atoms with Gasteiger partial charge in [0, 0.05) is 23.9 Å². The summed E-state index contributed by atoms with van der Waals surface area (Å²) in [7, 11) is 7.41. The Morgan fingerprint density at radius 1 is 1.08 bits per heavy atom. The third-order valence-electron chi connectivity index (χ3n) is 3.90. The van der Waals surface area contributed by atoms with Gasteiger partial charge in [-0.05, 0) is 44.5 Å². The van der Waals surface area contributed by atoms with Gasteiger partial charge in [-0.3, -0.25) is 0 Å². The molecule has 5 nitrogen and oxygen atoms in total. The third kappa shape index (κ3) is 5.34. The average Bonchev–Trinajstić information content (AvgIpc) is 2.62. The first-order valence-corrected chi connectivity index (χ1v) is 8.44. The molecular formula is C19H25N3O2S. The molecule has 2 aromatic carbocycles. The summed E-state index contributed by atoms with van der Waals surface area (Å²) in [4.78, 5) is 2.14. The number of ether oxygens (including phenoxy) is 2. The summed E-state index contributed by atoms with van der Waals surface area (Å²) in [6.45, 7) is 0.656. The van der Waals surface area contributed by atoms with E-state index in [0.29, 0.717) is 11.7 Å². The van der Waals surface area contributed by atoms with Gasteiger partial charge in [-0.2, -0.15) is 0 Å². The molecular weight excluding hydrogens is 334 g/mol. The van der Waals surface area contributed by atoms with E-state index in [-0.39, 0.29) is 6.04 Å². The Labute approximate surface area is 154 Å². The van der Waals surface area contributed by atoms with Crippen LogP contribution in [0.25, 0.3) is 0 Å². The van der Waals surface area contributed by atoms with Gasteiger partial charge < -0.3 is 25.0 Å². The SMILES string of the molecule is COc1cccc(NC(=S)NCC(c2ccccc2OC)N(C)C)c1. The number of likely N-dealkylation sites (N-methyl/N-ethyl adjacent to an activating group) is 1. The van der Waals surface area contributed by atoms with E-state index in [1.807, 2.05) is 56.6 Å². The van der Waals surface area contributed by atoms with Gasteiger partial charge in [0.1, 0.15) is 11.5 Å². The highest BCUT2D eigenvalue weighted by Crippen LogP contribution is 2.27. The molecule has 2 N–H and O–H groups in total. The molecule has 0 aliphatic carbocycles. The maximum Gasteiger partial charge on any atom is 0.170 e. The average molecular weight is 359 g/mol. The van der Waals surface area contributed by atoms with Crippen molar-refractivity contribution in [3.63, 3.8) is 0 Å². The lowest BCUT2D eigenvalue weighted by molar-refractivity contribution is 0.288. The summed E-state index contributed by atoms with van der Waals surface area (Å²) in [5, 5.41) is 7.03. The predicted molar refractivity (Wildman–Crippen MR) is 107 cm³/mol. The Kier molecular flexibility index (Phi) is 7.03. The van der Waals surface area contributed by atoms with Crippen LogP contribution in [0.2, 0.25) is 0 Å². The number of nitrogens with zero attached hydrogens (tertiary/aromatic N) is 1. The number of anilines is 1. The minimum Gasteiger partial charge on any atom is -0.497 e. The number of rotatable bonds is 7. The molecule has 2 aromatic rings. The lowest BCUT2D eigenvalue weighted by Crippen LogP contribution is -2.36. The summed E-state index contributed by atoms with van der Waals surface area (Å²) in [6.07, 6.45) is 0. The zero-order valence-corrected chi connectivity index (χ0v) is 15.9. The molecule has 0 saturated carbocycles. The Hall–Kier alpha value is -2.31. The van der Waals surface area contributed by atoms with Gasteiger partial charge in [0.05, 0.1) is 20.3 Å². The quantitative estimate of drug-likeness (QED) is 0.740. The first-order chi connectivity index (χ1) is 12.0. The second-order valence-electron chi connectivity index (χ2n) is 5.79. The lowest BCUT2D eigenvalue weighted by atomic mass is 10.0. The van der Waals surface area contributed by atoms with Crippen LogP contribution in [0.4, 0.5) is 5.69 Å². The van der Waals surface area contributed by atoms with Crippen molar-refractivity contribution in [1.82, 2.24) is 10.2 Å². The van der Waals surface area contributed by atoms with Crippen LogP contribution >= 0.6 is 12.2 Å². The highest BCUT2D eigenvalue weighted by atomic mass is 32.1. The molecule has 0 heterocycles. The Morgan fingerprint density at radius 2 is 1.84 bits per heavy atom. The van der Waals surface area contributed by atoms with Gasteiger partial charge in [0.2, 0.25) is 0 Å². The summed E-state index contributed by atoms with van der Waals surface area (Å²) < 4.78 is 10.7. The monoisotopic (exact) mass is 359 g/mol. The van der Waals surface area contributed by atoms with Gasteiger partial charge >= 0.3 is 0 Å². The Bertz CT molecular complexity index is 707. The van der Waals surface area contributed by atoms with Crippen molar-refractivity contribution in [2.75, 3.05) is 40.2 Å². The molecule has 6 heteroatoms. The van der Waals surface area contributed by atoms with Crippen LogP contribution in [-0.4, -0.2) is 44.9 Å². The van der Waals surface area contributed by atoms with Gasteiger partial charge in [-0.1, -0.05) is 24.3 Å². The van der Waals surface area contributed by atoms with Crippen molar-refractivity contribution in [3.05, 3.63) is 54.1 Å². The molecule has 0 bridgehead atoms. The zero-order chi connectivity index (χ0) is 18.2. The zero-order valence-electron chi connectivity index (χ0n) is 15.1. The van der Waals surface area contributed by atoms with E-state index in [9.17, 15) is 0 Å². The molecule has 0 aliphatic heterocycles. The van der Waals surface area contributed by atoms with Crippen LogP contribution in [-0.2, 0) is 0 Å². The van der Waals surface area contributed by atoms with E-state index in [4.69, 9.17) is 21.7 Å². The van der Waals surface area contributed by atoms with Crippen LogP contribution in [0, 0.1) is 0 Å². The van der Waals surface area contributed by atoms with Gasteiger partial charge in [-0.25, -0.2) is 0 Å². The number of nitrogens with one attached hydrogen (secondary N) is 2. The van der Waals surface area contributed by atoms with Crippen molar-refractivity contribution >= 4 is 23.0 Å². The molecule has 0 fully saturated rings. The van der Waals surface area contributed by atoms with E-state index in [1.165, 1.54) is 0 Å². The molecule has 0 amide bonds. The highest BCUT2D eigenvalue weighted by molar-refractivity contribution is 7.80. The van der Waals surface area contributed by atoms with E-state index >= 15 is 0 Å². The first kappa shape index (κ1) is 19.0. The fourth-order valence-electron chi connectivity index (χ4n) is 2.58. The van der Waals surface area contributed by atoms with Crippen LogP contribution in [0.1, 0.15) is 11.6 Å². The maximum absolute atomic E-state index is 5.49. The van der Waals surface area contributed by atoms with Crippen molar-refractivity contribution < 1.29 is 9.47 Å². The second kappa shape index (κ2) is 9.25. The van der Waals surface area contributed by atoms with Gasteiger partial charge in [0.15, 0.2) is 5.11 Å². The number of hydrogen-bond donors (Lipinski definition) is 2. The number of methoxy groups -OCH3 is 2. The van der Waals surface area contributed by atoms with E-state index < -0.39 is 0 Å². The fourth-order valence-corrected chi connectivity index (χ4v) is 2.78. The van der Waals surface area contributed by atoms with Gasteiger partial charge in [-0.15, -0.1) is 0 Å². The van der Waals surface area contributed by atoms with Crippen LogP contribution in [0.5, 0.6) is 11.5 Å². The number of para-hydroxylation sites is 1. The smallest absolute Gasteiger partial charge is 0.170 e. The first-order valence-electron chi connectivity index (χ1n) is 8.03. The normalized spacial score (nSPS) is 11.7. The number of hydrogen-bond acceptors (Lipinski definition) is 4. The Balaban J connectivity index is 2.02. The molecule has 0 spiro atoms. The van der Waals surface area contributed by atoms with Crippen molar-refractivity contribution in [2.24, 2.45) is 0 Å². The standard InChI is InChI=1S/C19H25N3O2S/c1-22(2)17(16-10-5-6-11-18(16)24-4)13-20-19(25)21-14-8-7-9-15(12-14)23-3/h5-12,17H,13H2,1-4H3,(H2,20,21,25). The minimum absolute atomic E-state index is 0.126. The lowest BCUT2D eigenvalue weighted by Gasteiger charge is -2.27. The number of thiocarbonyl (C=S) groups is 1. The van der Waals surface area contributed by atoms with Crippen molar-refractivity contribution in [2.45, 2.75) is 6.04 Å². The molecule has 1 atom stereocenters. The molecule has 0 aromatic heterocycles. The third-order valence-corrected chi connectivity index (χ3v) is 4.15.